The van der Waals surface area contributed by atoms with Crippen molar-refractivity contribution in [1.82, 2.24) is 0 Å². The molecule has 0 heterocycles. The van der Waals surface area contributed by atoms with E-state index in [0.29, 0.717) is 5.92 Å². The van der Waals surface area contributed by atoms with Crippen molar-refractivity contribution in [3.8, 4) is 0 Å². The van der Waals surface area contributed by atoms with Crippen LogP contribution in [0.15, 0.2) is 11.6 Å². The molecule has 0 saturated carbocycles. The molecule has 0 aliphatic carbocycles. The van der Waals surface area contributed by atoms with E-state index in [0.717, 1.165) is 18.4 Å². The molecule has 0 aliphatic heterocycles. The van der Waals surface area contributed by atoms with Gasteiger partial charge >= 0.3 is 5.97 Å². The van der Waals surface area contributed by atoms with Gasteiger partial charge in [0.2, 0.25) is 0 Å². The zero-order valence-corrected chi connectivity index (χ0v) is 8.13. The zero-order valence-electron chi connectivity index (χ0n) is 8.13. The Labute approximate surface area is 74.3 Å². The van der Waals surface area contributed by atoms with Crippen molar-refractivity contribution in [2.45, 2.75) is 40.0 Å². The van der Waals surface area contributed by atoms with Crippen molar-refractivity contribution < 1.29 is 9.90 Å². The number of hydrogen-bond acceptors (Lipinski definition) is 1. The van der Waals surface area contributed by atoms with E-state index in [1.54, 1.807) is 0 Å². The van der Waals surface area contributed by atoms with Crippen molar-refractivity contribution in [3.63, 3.8) is 0 Å². The summed E-state index contributed by atoms with van der Waals surface area (Å²) >= 11 is 0. The summed E-state index contributed by atoms with van der Waals surface area (Å²) in [6, 6.07) is 0. The van der Waals surface area contributed by atoms with Crippen LogP contribution in [0.1, 0.15) is 40.0 Å². The van der Waals surface area contributed by atoms with Gasteiger partial charge in [-0.05, 0) is 19.3 Å². The fourth-order valence-electron chi connectivity index (χ4n) is 1.32. The van der Waals surface area contributed by atoms with Crippen LogP contribution in [-0.4, -0.2) is 11.1 Å². The molecule has 0 spiro atoms. The van der Waals surface area contributed by atoms with Gasteiger partial charge in [-0.3, -0.25) is 4.79 Å². The van der Waals surface area contributed by atoms with Crippen molar-refractivity contribution >= 4 is 5.97 Å². The Balaban J connectivity index is 3.88. The topological polar surface area (TPSA) is 37.3 Å². The maximum atomic E-state index is 10.3. The Hall–Kier alpha value is -0.790. The number of carboxylic acid groups (broad SMARTS) is 1. The smallest absolute Gasteiger partial charge is 0.307 e. The first kappa shape index (κ1) is 11.2. The van der Waals surface area contributed by atoms with Gasteiger partial charge in [0.05, 0.1) is 6.42 Å². The first-order chi connectivity index (χ1) is 5.56. The predicted octanol–water partition coefficient (Wildman–Crippen LogP) is 2.84. The first-order valence-corrected chi connectivity index (χ1v) is 4.45. The second-order valence-corrected chi connectivity index (χ2v) is 3.35. The van der Waals surface area contributed by atoms with Crippen molar-refractivity contribution in [1.29, 1.82) is 0 Å². The van der Waals surface area contributed by atoms with Crippen LogP contribution in [0.2, 0.25) is 0 Å². The van der Waals surface area contributed by atoms with E-state index in [1.165, 1.54) is 0 Å². The average molecular weight is 170 g/mol. The zero-order chi connectivity index (χ0) is 9.56. The van der Waals surface area contributed by atoms with Crippen LogP contribution >= 0.6 is 0 Å². The van der Waals surface area contributed by atoms with Crippen LogP contribution in [0.5, 0.6) is 0 Å². The molecule has 1 atom stereocenters. The van der Waals surface area contributed by atoms with Crippen LogP contribution in [0, 0.1) is 5.92 Å². The van der Waals surface area contributed by atoms with E-state index in [2.05, 4.69) is 19.9 Å². The lowest BCUT2D eigenvalue weighted by Crippen LogP contribution is -1.97. The molecular weight excluding hydrogens is 152 g/mol. The van der Waals surface area contributed by atoms with Gasteiger partial charge < -0.3 is 5.11 Å². The van der Waals surface area contributed by atoms with E-state index in [9.17, 15) is 4.79 Å². The summed E-state index contributed by atoms with van der Waals surface area (Å²) < 4.78 is 0. The molecule has 0 aromatic carbocycles. The number of allylic oxidation sites excluding steroid dienone is 1. The lowest BCUT2D eigenvalue weighted by Gasteiger charge is -2.04. The van der Waals surface area contributed by atoms with Gasteiger partial charge in [0.25, 0.3) is 0 Å². The Bertz CT molecular complexity index is 171. The van der Waals surface area contributed by atoms with Crippen molar-refractivity contribution in [2.75, 3.05) is 0 Å². The number of hydrogen-bond donors (Lipinski definition) is 1. The minimum atomic E-state index is -0.743. The minimum absolute atomic E-state index is 0.175. The number of rotatable bonds is 5. The molecule has 0 rings (SSSR count). The maximum Gasteiger partial charge on any atom is 0.307 e. The Morgan fingerprint density at radius 1 is 1.58 bits per heavy atom. The van der Waals surface area contributed by atoms with Gasteiger partial charge in [-0.15, -0.1) is 0 Å². The van der Waals surface area contributed by atoms with Crippen molar-refractivity contribution in [3.05, 3.63) is 11.6 Å². The fraction of sp³-hybridized carbons (Fsp3) is 0.700. The third-order valence-electron chi connectivity index (χ3n) is 1.74. The highest BCUT2D eigenvalue weighted by Crippen LogP contribution is 2.11. The lowest BCUT2D eigenvalue weighted by molar-refractivity contribution is -0.136. The van der Waals surface area contributed by atoms with Crippen LogP contribution in [0.4, 0.5) is 0 Å². The Kier molecular flexibility index (Phi) is 5.43. The molecule has 0 aliphatic rings. The summed E-state index contributed by atoms with van der Waals surface area (Å²) in [4.78, 5) is 10.3. The van der Waals surface area contributed by atoms with Crippen LogP contribution < -0.4 is 0 Å². The highest BCUT2D eigenvalue weighted by molar-refractivity contribution is 5.69. The quantitative estimate of drug-likeness (QED) is 0.644. The molecule has 0 fully saturated rings. The SMILES string of the molecule is CCCC(C)/C=C(\C)CC(=O)O. The molecule has 1 unspecified atom stereocenters. The van der Waals surface area contributed by atoms with Crippen molar-refractivity contribution in [2.24, 2.45) is 5.92 Å². The summed E-state index contributed by atoms with van der Waals surface area (Å²) in [5.41, 5.74) is 0.962. The van der Waals surface area contributed by atoms with Gasteiger partial charge in [0, 0.05) is 0 Å². The highest BCUT2D eigenvalue weighted by atomic mass is 16.4. The molecule has 0 aromatic rings. The lowest BCUT2D eigenvalue weighted by atomic mass is 10.0. The van der Waals surface area contributed by atoms with Gasteiger partial charge in [0.1, 0.15) is 0 Å². The normalized spacial score (nSPS) is 14.4. The number of carbonyl (C=O) groups is 1. The second-order valence-electron chi connectivity index (χ2n) is 3.35. The molecule has 12 heavy (non-hydrogen) atoms. The van der Waals surface area contributed by atoms with E-state index in [-0.39, 0.29) is 6.42 Å². The Morgan fingerprint density at radius 3 is 2.58 bits per heavy atom. The largest absolute Gasteiger partial charge is 0.481 e. The van der Waals surface area contributed by atoms with Crippen LogP contribution in [0.25, 0.3) is 0 Å². The molecule has 1 N–H and O–H groups in total. The monoisotopic (exact) mass is 170 g/mol. The predicted molar refractivity (Wildman–Crippen MR) is 50.1 cm³/mol. The standard InChI is InChI=1S/C10H18O2/c1-4-5-8(2)6-9(3)7-10(11)12/h6,8H,4-5,7H2,1-3H3,(H,11,12)/b9-6+. The van der Waals surface area contributed by atoms with Gasteiger partial charge in [-0.2, -0.15) is 0 Å². The number of aliphatic carboxylic acids is 1. The average Bonchev–Trinajstić information content (AvgIpc) is 1.84. The fourth-order valence-corrected chi connectivity index (χ4v) is 1.32. The van der Waals surface area contributed by atoms with Gasteiger partial charge in [0.15, 0.2) is 0 Å². The molecule has 0 amide bonds. The summed E-state index contributed by atoms with van der Waals surface area (Å²) in [5, 5.41) is 8.49. The summed E-state index contributed by atoms with van der Waals surface area (Å²) in [6.07, 6.45) is 4.51. The van der Waals surface area contributed by atoms with Crippen LogP contribution in [-0.2, 0) is 4.79 Å². The molecule has 70 valence electrons. The van der Waals surface area contributed by atoms with E-state index < -0.39 is 5.97 Å². The van der Waals surface area contributed by atoms with Gasteiger partial charge in [-0.25, -0.2) is 0 Å². The minimum Gasteiger partial charge on any atom is -0.481 e. The van der Waals surface area contributed by atoms with E-state index >= 15 is 0 Å². The van der Waals surface area contributed by atoms with E-state index in [1.807, 2.05) is 6.92 Å². The molecular formula is C10H18O2. The maximum absolute atomic E-state index is 10.3. The Morgan fingerprint density at radius 2 is 2.17 bits per heavy atom. The number of carboxylic acids is 1. The summed E-state index contributed by atoms with van der Waals surface area (Å²) in [6.45, 7) is 6.13. The molecule has 0 radical (unpaired) electrons. The first-order valence-electron chi connectivity index (χ1n) is 4.45. The molecule has 0 bridgehead atoms. The second kappa shape index (κ2) is 5.81. The third-order valence-corrected chi connectivity index (χ3v) is 1.74. The van der Waals surface area contributed by atoms with Crippen LogP contribution in [0.3, 0.4) is 0 Å². The molecule has 0 aromatic heterocycles. The molecule has 2 heteroatoms. The molecule has 0 saturated heterocycles. The highest BCUT2D eigenvalue weighted by Gasteiger charge is 2.01. The third kappa shape index (κ3) is 5.96. The molecule has 2 nitrogen and oxygen atoms in total. The van der Waals surface area contributed by atoms with E-state index in [4.69, 9.17) is 5.11 Å². The summed E-state index contributed by atoms with van der Waals surface area (Å²) in [7, 11) is 0. The van der Waals surface area contributed by atoms with Gasteiger partial charge in [-0.1, -0.05) is 31.9 Å². The summed E-state index contributed by atoms with van der Waals surface area (Å²) in [5.74, 6) is -0.234.